The SMILES string of the molecule is CN(C)S(=O)(=O)c1ccc(Cl)c(C(=O)Nc2cnc3c(c2)c(=O)n(C)c(=O)n3C)c1. The first-order valence-corrected chi connectivity index (χ1v) is 10.4. The van der Waals surface area contributed by atoms with Crippen LogP contribution in [0, 0.1) is 0 Å². The largest absolute Gasteiger partial charge is 0.332 e. The number of sulfonamides is 1. The van der Waals surface area contributed by atoms with Gasteiger partial charge < -0.3 is 5.32 Å². The van der Waals surface area contributed by atoms with E-state index in [-0.39, 0.29) is 32.2 Å². The molecule has 2 heterocycles. The van der Waals surface area contributed by atoms with Crippen molar-refractivity contribution < 1.29 is 13.2 Å². The molecular weight excluding hydrogens is 434 g/mol. The Morgan fingerprint density at radius 2 is 1.80 bits per heavy atom. The number of nitrogens with one attached hydrogen (secondary N) is 1. The Kier molecular flexibility index (Phi) is 5.54. The fraction of sp³-hybridized carbons (Fsp3) is 0.222. The van der Waals surface area contributed by atoms with Crippen molar-refractivity contribution in [1.82, 2.24) is 18.4 Å². The highest BCUT2D eigenvalue weighted by Crippen LogP contribution is 2.23. The molecule has 0 bridgehead atoms. The van der Waals surface area contributed by atoms with Crippen molar-refractivity contribution in [3.63, 3.8) is 0 Å². The predicted molar refractivity (Wildman–Crippen MR) is 113 cm³/mol. The lowest BCUT2D eigenvalue weighted by Crippen LogP contribution is -2.37. The van der Waals surface area contributed by atoms with E-state index in [0.29, 0.717) is 0 Å². The number of rotatable bonds is 4. The van der Waals surface area contributed by atoms with Gasteiger partial charge in [0.1, 0.15) is 5.65 Å². The fourth-order valence-electron chi connectivity index (χ4n) is 2.78. The van der Waals surface area contributed by atoms with E-state index < -0.39 is 27.2 Å². The first-order chi connectivity index (χ1) is 13.9. The lowest BCUT2D eigenvalue weighted by atomic mass is 10.2. The van der Waals surface area contributed by atoms with E-state index in [0.717, 1.165) is 8.87 Å². The second-order valence-electron chi connectivity index (χ2n) is 6.68. The van der Waals surface area contributed by atoms with Crippen LogP contribution >= 0.6 is 11.6 Å². The summed E-state index contributed by atoms with van der Waals surface area (Å²) in [5, 5.41) is 2.73. The number of hydrogen-bond donors (Lipinski definition) is 1. The summed E-state index contributed by atoms with van der Waals surface area (Å²) < 4.78 is 27.8. The van der Waals surface area contributed by atoms with Crippen LogP contribution in [0.5, 0.6) is 0 Å². The van der Waals surface area contributed by atoms with Crippen LogP contribution in [-0.4, -0.2) is 46.8 Å². The van der Waals surface area contributed by atoms with Crippen LogP contribution in [0.4, 0.5) is 5.69 Å². The molecule has 10 nitrogen and oxygen atoms in total. The Morgan fingerprint density at radius 3 is 2.43 bits per heavy atom. The van der Waals surface area contributed by atoms with Gasteiger partial charge in [0.05, 0.1) is 32.8 Å². The molecule has 30 heavy (non-hydrogen) atoms. The molecule has 0 spiro atoms. The number of hydrogen-bond acceptors (Lipinski definition) is 6. The zero-order valence-corrected chi connectivity index (χ0v) is 18.1. The van der Waals surface area contributed by atoms with Gasteiger partial charge >= 0.3 is 5.69 Å². The summed E-state index contributed by atoms with van der Waals surface area (Å²) in [6.45, 7) is 0. The van der Waals surface area contributed by atoms with Gasteiger partial charge in [0, 0.05) is 28.2 Å². The Bertz CT molecular complexity index is 1410. The molecular formula is C18H18ClN5O5S. The number of benzene rings is 1. The predicted octanol–water partition coefficient (Wildman–Crippen LogP) is 0.788. The van der Waals surface area contributed by atoms with E-state index in [1.807, 2.05) is 0 Å². The molecule has 12 heteroatoms. The van der Waals surface area contributed by atoms with Crippen molar-refractivity contribution in [2.24, 2.45) is 14.1 Å². The summed E-state index contributed by atoms with van der Waals surface area (Å²) >= 11 is 6.09. The molecule has 0 aliphatic rings. The number of fused-ring (bicyclic) bond motifs is 1. The maximum Gasteiger partial charge on any atom is 0.332 e. The van der Waals surface area contributed by atoms with Crippen LogP contribution in [0.1, 0.15) is 10.4 Å². The smallest absolute Gasteiger partial charge is 0.321 e. The maximum absolute atomic E-state index is 12.7. The summed E-state index contributed by atoms with van der Waals surface area (Å²) in [4.78, 5) is 41.1. The number of aromatic nitrogens is 3. The molecule has 2 aromatic heterocycles. The summed E-state index contributed by atoms with van der Waals surface area (Å²) in [5.41, 5.74) is -0.803. The average molecular weight is 452 g/mol. The number of amides is 1. The highest BCUT2D eigenvalue weighted by molar-refractivity contribution is 7.89. The van der Waals surface area contributed by atoms with Crippen molar-refractivity contribution >= 4 is 44.3 Å². The molecule has 0 saturated carbocycles. The molecule has 0 aliphatic heterocycles. The number of pyridine rings is 1. The third kappa shape index (κ3) is 3.62. The number of carbonyl (C=O) groups excluding carboxylic acids is 1. The van der Waals surface area contributed by atoms with E-state index in [9.17, 15) is 22.8 Å². The van der Waals surface area contributed by atoms with Crippen LogP contribution in [0.25, 0.3) is 11.0 Å². The average Bonchev–Trinajstić information content (AvgIpc) is 2.70. The zero-order chi connectivity index (χ0) is 22.4. The highest BCUT2D eigenvalue weighted by atomic mass is 35.5. The second-order valence-corrected chi connectivity index (χ2v) is 9.24. The highest BCUT2D eigenvalue weighted by Gasteiger charge is 2.21. The van der Waals surface area contributed by atoms with Crippen molar-refractivity contribution in [3.05, 3.63) is 61.9 Å². The number of nitrogens with zero attached hydrogens (tertiary/aromatic N) is 4. The standard InChI is InChI=1S/C18H18ClN5O5S/c1-22(2)30(28,29)11-5-6-14(19)12(8-11)16(25)21-10-7-13-15(20-9-10)23(3)18(27)24(4)17(13)26/h5-9H,1-4H3,(H,21,25). The van der Waals surface area contributed by atoms with Crippen LogP contribution in [0.15, 0.2) is 44.9 Å². The maximum atomic E-state index is 12.7. The second kappa shape index (κ2) is 7.67. The molecule has 1 amide bonds. The Balaban J connectivity index is 2.04. The molecule has 1 N–H and O–H groups in total. The monoisotopic (exact) mass is 451 g/mol. The summed E-state index contributed by atoms with van der Waals surface area (Å²) in [6, 6.07) is 5.17. The van der Waals surface area contributed by atoms with E-state index >= 15 is 0 Å². The molecule has 0 unspecified atom stereocenters. The van der Waals surface area contributed by atoms with Gasteiger partial charge in [0.15, 0.2) is 0 Å². The molecule has 1 aromatic carbocycles. The van der Waals surface area contributed by atoms with Gasteiger partial charge in [0.2, 0.25) is 10.0 Å². The minimum absolute atomic E-state index is 0.0530. The molecule has 0 radical (unpaired) electrons. The quantitative estimate of drug-likeness (QED) is 0.625. The zero-order valence-electron chi connectivity index (χ0n) is 16.5. The van der Waals surface area contributed by atoms with Crippen LogP contribution < -0.4 is 16.6 Å². The van der Waals surface area contributed by atoms with Gasteiger partial charge in [0.25, 0.3) is 11.5 Å². The van der Waals surface area contributed by atoms with Crippen molar-refractivity contribution in [2.75, 3.05) is 19.4 Å². The van der Waals surface area contributed by atoms with E-state index in [1.54, 1.807) is 0 Å². The van der Waals surface area contributed by atoms with E-state index in [4.69, 9.17) is 11.6 Å². The molecule has 3 aromatic rings. The van der Waals surface area contributed by atoms with E-state index in [2.05, 4.69) is 10.3 Å². The Labute approximate surface area is 176 Å². The Morgan fingerprint density at radius 1 is 1.13 bits per heavy atom. The molecule has 0 fully saturated rings. The number of aryl methyl sites for hydroxylation is 1. The molecule has 0 atom stereocenters. The third-order valence-corrected chi connectivity index (χ3v) is 6.65. The minimum Gasteiger partial charge on any atom is -0.321 e. The fourth-order valence-corrected chi connectivity index (χ4v) is 3.91. The normalized spacial score (nSPS) is 11.8. The van der Waals surface area contributed by atoms with Gasteiger partial charge in [-0.1, -0.05) is 11.6 Å². The molecule has 158 valence electrons. The summed E-state index contributed by atoms with van der Waals surface area (Å²) in [6.07, 6.45) is 1.29. The molecule has 0 saturated heterocycles. The lowest BCUT2D eigenvalue weighted by Gasteiger charge is -2.13. The topological polar surface area (TPSA) is 123 Å². The lowest BCUT2D eigenvalue weighted by molar-refractivity contribution is 0.102. The van der Waals surface area contributed by atoms with Crippen molar-refractivity contribution in [2.45, 2.75) is 4.90 Å². The summed E-state index contributed by atoms with van der Waals surface area (Å²) in [5.74, 6) is -0.682. The van der Waals surface area contributed by atoms with Crippen molar-refractivity contribution in [3.8, 4) is 0 Å². The number of carbonyl (C=O) groups is 1. The molecule has 0 aliphatic carbocycles. The van der Waals surface area contributed by atoms with E-state index in [1.165, 1.54) is 63.2 Å². The van der Waals surface area contributed by atoms with Crippen LogP contribution in [-0.2, 0) is 24.1 Å². The van der Waals surface area contributed by atoms with Gasteiger partial charge in [-0.2, -0.15) is 0 Å². The minimum atomic E-state index is -3.76. The Hall–Kier alpha value is -3.02. The van der Waals surface area contributed by atoms with Crippen LogP contribution in [0.2, 0.25) is 5.02 Å². The van der Waals surface area contributed by atoms with Gasteiger partial charge in [-0.25, -0.2) is 22.5 Å². The number of anilines is 1. The van der Waals surface area contributed by atoms with Crippen LogP contribution in [0.3, 0.4) is 0 Å². The first-order valence-electron chi connectivity index (χ1n) is 8.54. The van der Waals surface area contributed by atoms with Gasteiger partial charge in [-0.3, -0.25) is 18.7 Å². The third-order valence-electron chi connectivity index (χ3n) is 4.51. The number of halogens is 1. The van der Waals surface area contributed by atoms with Gasteiger partial charge in [-0.15, -0.1) is 0 Å². The van der Waals surface area contributed by atoms with Gasteiger partial charge in [-0.05, 0) is 24.3 Å². The molecule has 3 rings (SSSR count). The first kappa shape index (κ1) is 21.7. The van der Waals surface area contributed by atoms with Crippen molar-refractivity contribution in [1.29, 1.82) is 0 Å². The summed E-state index contributed by atoms with van der Waals surface area (Å²) in [7, 11) is 1.80.